The van der Waals surface area contributed by atoms with Gasteiger partial charge >= 0.3 is 0 Å². The second kappa shape index (κ2) is 6.57. The van der Waals surface area contributed by atoms with Gasteiger partial charge in [-0.15, -0.1) is 0 Å². The van der Waals surface area contributed by atoms with Gasteiger partial charge in [0.05, 0.1) is 11.4 Å². The number of likely N-dealkylation sites (N-methyl/N-ethyl adjacent to an activating group) is 2. The maximum Gasteiger partial charge on any atom is 0.254 e. The Morgan fingerprint density at radius 2 is 1.90 bits per heavy atom. The summed E-state index contributed by atoms with van der Waals surface area (Å²) in [7, 11) is -2.00. The number of hydrogen-bond donors (Lipinski definition) is 2. The summed E-state index contributed by atoms with van der Waals surface area (Å²) in [6.07, 6.45) is 1.04. The first-order valence-electron chi connectivity index (χ1n) is 6.29. The predicted molar refractivity (Wildman–Crippen MR) is 79.6 cm³/mol. The van der Waals surface area contributed by atoms with Crippen molar-refractivity contribution in [2.24, 2.45) is 0 Å². The van der Waals surface area contributed by atoms with Gasteiger partial charge in [0.2, 0.25) is 5.91 Å². The molecule has 0 fully saturated rings. The first kappa shape index (κ1) is 17.0. The number of sulfone groups is 1. The van der Waals surface area contributed by atoms with Gasteiger partial charge in [0, 0.05) is 31.1 Å². The van der Waals surface area contributed by atoms with Crippen LogP contribution in [0.25, 0.3) is 0 Å². The van der Waals surface area contributed by atoms with Gasteiger partial charge < -0.3 is 16.0 Å². The minimum Gasteiger partial charge on any atom is -0.399 e. The molecule has 1 aromatic carbocycles. The fourth-order valence-corrected chi connectivity index (χ4v) is 2.41. The molecule has 0 aromatic heterocycles. The van der Waals surface area contributed by atoms with Gasteiger partial charge in [-0.05, 0) is 25.1 Å². The predicted octanol–water partition coefficient (Wildman–Crippen LogP) is -0.120. The third kappa shape index (κ3) is 4.45. The minimum atomic E-state index is -3.47. The van der Waals surface area contributed by atoms with Crippen LogP contribution in [-0.4, -0.2) is 51.5 Å². The van der Waals surface area contributed by atoms with E-state index >= 15 is 0 Å². The Morgan fingerprint density at radius 3 is 2.38 bits per heavy atom. The van der Waals surface area contributed by atoms with Crippen LogP contribution in [0.3, 0.4) is 0 Å². The molecular formula is C13H19N3O4S. The molecule has 0 spiro atoms. The van der Waals surface area contributed by atoms with Crippen LogP contribution in [-0.2, 0) is 14.6 Å². The summed E-state index contributed by atoms with van der Waals surface area (Å²) in [6, 6.07) is 3.95. The zero-order valence-corrected chi connectivity index (χ0v) is 13.0. The number of amides is 2. The summed E-state index contributed by atoms with van der Waals surface area (Å²) in [5.41, 5.74) is 5.97. The molecule has 0 bridgehead atoms. The third-order valence-corrected chi connectivity index (χ3v) is 3.98. The number of anilines is 1. The van der Waals surface area contributed by atoms with Crippen molar-refractivity contribution in [2.75, 3.05) is 32.1 Å². The second-order valence-corrected chi connectivity index (χ2v) is 6.57. The maximum atomic E-state index is 12.4. The Kier molecular flexibility index (Phi) is 5.31. The molecule has 1 rings (SSSR count). The number of nitrogens with zero attached hydrogens (tertiary/aromatic N) is 1. The number of nitrogens with two attached hydrogens (primary N) is 1. The lowest BCUT2D eigenvalue weighted by atomic mass is 10.1. The Labute approximate surface area is 124 Å². The molecule has 0 aliphatic rings. The van der Waals surface area contributed by atoms with E-state index in [0.717, 1.165) is 6.26 Å². The average Bonchev–Trinajstić information content (AvgIpc) is 2.42. The number of nitrogens with one attached hydrogen (secondary N) is 1. The van der Waals surface area contributed by atoms with Crippen molar-refractivity contribution in [1.82, 2.24) is 10.2 Å². The van der Waals surface area contributed by atoms with Gasteiger partial charge in [-0.1, -0.05) is 0 Å². The number of rotatable bonds is 5. The van der Waals surface area contributed by atoms with Crippen LogP contribution < -0.4 is 11.1 Å². The lowest BCUT2D eigenvalue weighted by Crippen LogP contribution is -2.39. The first-order valence-corrected chi connectivity index (χ1v) is 8.18. The van der Waals surface area contributed by atoms with Crippen molar-refractivity contribution in [3.05, 3.63) is 23.8 Å². The third-order valence-electron chi connectivity index (χ3n) is 2.89. The molecule has 8 heteroatoms. The van der Waals surface area contributed by atoms with E-state index in [1.54, 1.807) is 6.92 Å². The molecule has 0 saturated carbocycles. The average molecular weight is 313 g/mol. The molecule has 7 nitrogen and oxygen atoms in total. The number of hydrogen-bond acceptors (Lipinski definition) is 5. The summed E-state index contributed by atoms with van der Waals surface area (Å²) >= 11 is 0. The molecule has 1 aromatic rings. The van der Waals surface area contributed by atoms with Gasteiger partial charge in [0.15, 0.2) is 9.84 Å². The smallest absolute Gasteiger partial charge is 0.254 e. The van der Waals surface area contributed by atoms with Gasteiger partial charge in [-0.2, -0.15) is 0 Å². The Morgan fingerprint density at radius 1 is 1.29 bits per heavy atom. The van der Waals surface area contributed by atoms with Crippen molar-refractivity contribution in [1.29, 1.82) is 0 Å². The van der Waals surface area contributed by atoms with Crippen LogP contribution in [0.1, 0.15) is 17.3 Å². The van der Waals surface area contributed by atoms with Crippen molar-refractivity contribution in [2.45, 2.75) is 11.8 Å². The van der Waals surface area contributed by atoms with E-state index in [1.165, 1.54) is 30.1 Å². The molecule has 0 unspecified atom stereocenters. The van der Waals surface area contributed by atoms with E-state index in [1.807, 2.05) is 0 Å². The summed E-state index contributed by atoms with van der Waals surface area (Å²) in [6.45, 7) is 1.94. The zero-order chi connectivity index (χ0) is 16.2. The first-order chi connectivity index (χ1) is 9.68. The highest BCUT2D eigenvalue weighted by molar-refractivity contribution is 7.90. The fourth-order valence-electron chi connectivity index (χ4n) is 1.72. The van der Waals surface area contributed by atoms with E-state index in [4.69, 9.17) is 5.73 Å². The van der Waals surface area contributed by atoms with Crippen LogP contribution in [0.2, 0.25) is 0 Å². The summed E-state index contributed by atoms with van der Waals surface area (Å²) in [5, 5.41) is 2.43. The lowest BCUT2D eigenvalue weighted by Gasteiger charge is -2.20. The van der Waals surface area contributed by atoms with Gasteiger partial charge in [-0.25, -0.2) is 8.42 Å². The van der Waals surface area contributed by atoms with Gasteiger partial charge in [0.1, 0.15) is 0 Å². The van der Waals surface area contributed by atoms with Crippen molar-refractivity contribution in [3.63, 3.8) is 0 Å². The van der Waals surface area contributed by atoms with Crippen molar-refractivity contribution < 1.29 is 18.0 Å². The van der Waals surface area contributed by atoms with Gasteiger partial charge in [0.25, 0.3) is 5.91 Å². The van der Waals surface area contributed by atoms with Crippen molar-refractivity contribution in [3.8, 4) is 0 Å². The fraction of sp³-hybridized carbons (Fsp3) is 0.385. The molecule has 0 radical (unpaired) electrons. The molecule has 2 amide bonds. The molecule has 21 heavy (non-hydrogen) atoms. The number of nitrogen functional groups attached to an aromatic ring is 1. The monoisotopic (exact) mass is 313 g/mol. The van der Waals surface area contributed by atoms with E-state index in [2.05, 4.69) is 5.32 Å². The van der Waals surface area contributed by atoms with E-state index in [-0.39, 0.29) is 28.6 Å². The van der Waals surface area contributed by atoms with Crippen LogP contribution in [0, 0.1) is 0 Å². The largest absolute Gasteiger partial charge is 0.399 e. The molecule has 0 heterocycles. The molecule has 0 saturated heterocycles. The summed E-state index contributed by atoms with van der Waals surface area (Å²) < 4.78 is 23.2. The van der Waals surface area contributed by atoms with Crippen LogP contribution in [0.5, 0.6) is 0 Å². The normalized spacial score (nSPS) is 11.0. The Bertz CT molecular complexity index is 655. The van der Waals surface area contributed by atoms with Crippen LogP contribution >= 0.6 is 0 Å². The standard InChI is InChI=1S/C13H19N3O4S/c1-4-16(8-12(17)15-2)13(18)9-5-10(14)7-11(6-9)21(3,19)20/h5-7H,4,8,14H2,1-3H3,(H,15,17). The quantitative estimate of drug-likeness (QED) is 0.737. The number of benzene rings is 1. The summed E-state index contributed by atoms with van der Waals surface area (Å²) in [4.78, 5) is 25.0. The van der Waals surface area contributed by atoms with Crippen LogP contribution in [0.4, 0.5) is 5.69 Å². The van der Waals surface area contributed by atoms with E-state index in [9.17, 15) is 18.0 Å². The minimum absolute atomic E-state index is 0.0261. The van der Waals surface area contributed by atoms with Gasteiger partial charge in [-0.3, -0.25) is 9.59 Å². The molecule has 3 N–H and O–H groups in total. The molecule has 0 aliphatic carbocycles. The number of carbonyl (C=O) groups excluding carboxylic acids is 2. The lowest BCUT2D eigenvalue weighted by molar-refractivity contribution is -0.121. The summed E-state index contributed by atoms with van der Waals surface area (Å²) in [5.74, 6) is -0.754. The van der Waals surface area contributed by atoms with Crippen LogP contribution in [0.15, 0.2) is 23.1 Å². The van der Waals surface area contributed by atoms with E-state index in [0.29, 0.717) is 6.54 Å². The second-order valence-electron chi connectivity index (χ2n) is 4.56. The maximum absolute atomic E-state index is 12.4. The molecule has 116 valence electrons. The topological polar surface area (TPSA) is 110 Å². The Hall–Kier alpha value is -2.09. The highest BCUT2D eigenvalue weighted by atomic mass is 32.2. The Balaban J connectivity index is 3.17. The van der Waals surface area contributed by atoms with Crippen molar-refractivity contribution >= 4 is 27.3 Å². The molecule has 0 aliphatic heterocycles. The van der Waals surface area contributed by atoms with E-state index < -0.39 is 15.7 Å². The SMILES string of the molecule is CCN(CC(=O)NC)C(=O)c1cc(N)cc(S(C)(=O)=O)c1. The highest BCUT2D eigenvalue weighted by Crippen LogP contribution is 2.18. The molecular weight excluding hydrogens is 294 g/mol. The molecule has 0 atom stereocenters. The zero-order valence-electron chi connectivity index (χ0n) is 12.2. The number of carbonyl (C=O) groups is 2. The highest BCUT2D eigenvalue weighted by Gasteiger charge is 2.19.